The predicted octanol–water partition coefficient (Wildman–Crippen LogP) is 2.41. The van der Waals surface area contributed by atoms with Crippen LogP contribution >= 0.6 is 0 Å². The van der Waals surface area contributed by atoms with Crippen LogP contribution in [0.2, 0.25) is 0 Å². The molecule has 0 bridgehead atoms. The van der Waals surface area contributed by atoms with Crippen LogP contribution in [0.4, 0.5) is 5.82 Å². The van der Waals surface area contributed by atoms with E-state index >= 15 is 0 Å². The number of hydrogen-bond donors (Lipinski definition) is 0. The Morgan fingerprint density at radius 2 is 2.00 bits per heavy atom. The Kier molecular flexibility index (Phi) is 5.41. The molecule has 1 fully saturated rings. The third-order valence-electron chi connectivity index (χ3n) is 5.02. The monoisotopic (exact) mass is 389 g/mol. The molecule has 29 heavy (non-hydrogen) atoms. The van der Waals surface area contributed by atoms with E-state index in [-0.39, 0.29) is 11.8 Å². The maximum absolute atomic E-state index is 12.9. The number of carbonyl (C=O) groups excluding carboxylic acids is 1. The number of hydrogen-bond acceptors (Lipinski definition) is 7. The van der Waals surface area contributed by atoms with Crippen molar-refractivity contribution in [3.63, 3.8) is 0 Å². The van der Waals surface area contributed by atoms with Crippen LogP contribution in [0.1, 0.15) is 34.8 Å². The van der Waals surface area contributed by atoms with Gasteiger partial charge in [0, 0.05) is 64.0 Å². The quantitative estimate of drug-likeness (QED) is 0.677. The fourth-order valence-electron chi connectivity index (χ4n) is 3.49. The van der Waals surface area contributed by atoms with E-state index in [1.165, 1.54) is 0 Å². The largest absolute Gasteiger partial charge is 0.363 e. The molecule has 1 saturated heterocycles. The van der Waals surface area contributed by atoms with E-state index in [2.05, 4.69) is 19.9 Å². The van der Waals surface area contributed by atoms with Crippen LogP contribution in [0.25, 0.3) is 11.5 Å². The third kappa shape index (κ3) is 4.21. The Balaban J connectivity index is 1.63. The normalized spacial score (nSPS) is 16.5. The van der Waals surface area contributed by atoms with Crippen LogP contribution < -0.4 is 4.90 Å². The number of pyridine rings is 1. The van der Waals surface area contributed by atoms with Crippen LogP contribution in [0.15, 0.2) is 49.2 Å². The lowest BCUT2D eigenvalue weighted by atomic mass is 9.94. The summed E-state index contributed by atoms with van der Waals surface area (Å²) in [5, 5.41) is 0. The van der Waals surface area contributed by atoms with Gasteiger partial charge in [-0.2, -0.15) is 0 Å². The lowest BCUT2D eigenvalue weighted by Crippen LogP contribution is -2.39. The van der Waals surface area contributed by atoms with Crippen LogP contribution in [0, 0.1) is 0 Å². The van der Waals surface area contributed by atoms with E-state index in [1.807, 2.05) is 30.0 Å². The van der Waals surface area contributed by atoms with Gasteiger partial charge in [-0.3, -0.25) is 14.8 Å². The van der Waals surface area contributed by atoms with Crippen LogP contribution in [0.3, 0.4) is 0 Å². The molecule has 148 valence electrons. The average Bonchev–Trinajstić information content (AvgIpc) is 2.79. The van der Waals surface area contributed by atoms with E-state index in [9.17, 15) is 4.79 Å². The molecule has 0 saturated carbocycles. The molecule has 4 heterocycles. The number of aromatic nitrogens is 5. The molecule has 1 atom stereocenters. The summed E-state index contributed by atoms with van der Waals surface area (Å²) in [4.78, 5) is 38.7. The number of likely N-dealkylation sites (tertiary alicyclic amines) is 1. The Morgan fingerprint density at radius 1 is 1.14 bits per heavy atom. The fourth-order valence-corrected chi connectivity index (χ4v) is 3.49. The highest BCUT2D eigenvalue weighted by atomic mass is 16.2. The van der Waals surface area contributed by atoms with Gasteiger partial charge in [0.2, 0.25) is 0 Å². The third-order valence-corrected chi connectivity index (χ3v) is 5.02. The van der Waals surface area contributed by atoms with E-state index in [0.717, 1.165) is 30.9 Å². The smallest absolute Gasteiger partial charge is 0.255 e. The van der Waals surface area contributed by atoms with Gasteiger partial charge < -0.3 is 9.80 Å². The van der Waals surface area contributed by atoms with Crippen molar-refractivity contribution in [2.24, 2.45) is 0 Å². The number of carbonyl (C=O) groups is 1. The molecular weight excluding hydrogens is 366 g/mol. The highest BCUT2D eigenvalue weighted by Gasteiger charge is 2.27. The summed E-state index contributed by atoms with van der Waals surface area (Å²) in [6, 6.07) is 5.60. The second-order valence-corrected chi connectivity index (χ2v) is 7.29. The van der Waals surface area contributed by atoms with Crippen molar-refractivity contribution in [1.29, 1.82) is 0 Å². The second kappa shape index (κ2) is 8.30. The lowest BCUT2D eigenvalue weighted by Gasteiger charge is -2.33. The maximum atomic E-state index is 12.9. The first-order chi connectivity index (χ1) is 14.1. The molecule has 1 unspecified atom stereocenters. The maximum Gasteiger partial charge on any atom is 0.255 e. The number of piperidine rings is 1. The summed E-state index contributed by atoms with van der Waals surface area (Å²) < 4.78 is 0. The van der Waals surface area contributed by atoms with E-state index < -0.39 is 0 Å². The van der Waals surface area contributed by atoms with Gasteiger partial charge in [-0.05, 0) is 25.0 Å². The van der Waals surface area contributed by atoms with Gasteiger partial charge in [-0.25, -0.2) is 15.0 Å². The molecule has 1 amide bonds. The van der Waals surface area contributed by atoms with Gasteiger partial charge in [-0.15, -0.1) is 0 Å². The predicted molar refractivity (Wildman–Crippen MR) is 110 cm³/mol. The first kappa shape index (κ1) is 18.9. The number of nitrogens with zero attached hydrogens (tertiary/aromatic N) is 7. The van der Waals surface area contributed by atoms with Gasteiger partial charge in [0.1, 0.15) is 11.5 Å². The molecule has 0 spiro atoms. The zero-order chi connectivity index (χ0) is 20.2. The molecule has 0 N–H and O–H groups in total. The highest BCUT2D eigenvalue weighted by molar-refractivity contribution is 5.94. The molecule has 0 aliphatic carbocycles. The summed E-state index contributed by atoms with van der Waals surface area (Å²) >= 11 is 0. The van der Waals surface area contributed by atoms with Crippen molar-refractivity contribution < 1.29 is 4.79 Å². The minimum absolute atomic E-state index is 0.0128. The first-order valence-corrected chi connectivity index (χ1v) is 9.64. The van der Waals surface area contributed by atoms with Crippen molar-refractivity contribution >= 4 is 11.7 Å². The molecule has 3 aromatic rings. The number of rotatable bonds is 4. The zero-order valence-corrected chi connectivity index (χ0v) is 16.6. The van der Waals surface area contributed by atoms with Gasteiger partial charge >= 0.3 is 0 Å². The molecule has 1 aliphatic rings. The molecule has 3 aromatic heterocycles. The fraction of sp³-hybridized carbons (Fsp3) is 0.333. The first-order valence-electron chi connectivity index (χ1n) is 9.64. The summed E-state index contributed by atoms with van der Waals surface area (Å²) in [6.07, 6.45) is 10.1. The molecular formula is C21H23N7O. The van der Waals surface area contributed by atoms with Crippen molar-refractivity contribution in [3.8, 4) is 11.5 Å². The van der Waals surface area contributed by atoms with E-state index in [1.54, 1.807) is 43.1 Å². The topological polar surface area (TPSA) is 88.0 Å². The van der Waals surface area contributed by atoms with Crippen LogP contribution in [-0.2, 0) is 0 Å². The SMILES string of the molecule is CN(C)c1cc(C2CCCN(C(=O)c3cccnc3)C2)nc(-c2cnccn2)n1. The lowest BCUT2D eigenvalue weighted by molar-refractivity contribution is 0.0705. The molecule has 8 nitrogen and oxygen atoms in total. The summed E-state index contributed by atoms with van der Waals surface area (Å²) in [6.45, 7) is 1.37. The van der Waals surface area contributed by atoms with Crippen molar-refractivity contribution in [2.45, 2.75) is 18.8 Å². The van der Waals surface area contributed by atoms with Gasteiger partial charge in [0.15, 0.2) is 5.82 Å². The highest BCUT2D eigenvalue weighted by Crippen LogP contribution is 2.29. The van der Waals surface area contributed by atoms with Gasteiger partial charge in [0.25, 0.3) is 5.91 Å². The Labute approximate surface area is 169 Å². The van der Waals surface area contributed by atoms with Gasteiger partial charge in [-0.1, -0.05) is 0 Å². The van der Waals surface area contributed by atoms with Crippen molar-refractivity contribution in [2.75, 3.05) is 32.1 Å². The zero-order valence-electron chi connectivity index (χ0n) is 16.6. The summed E-state index contributed by atoms with van der Waals surface area (Å²) in [7, 11) is 3.90. The Hall–Kier alpha value is -3.42. The summed E-state index contributed by atoms with van der Waals surface area (Å²) in [5.74, 6) is 1.52. The second-order valence-electron chi connectivity index (χ2n) is 7.29. The van der Waals surface area contributed by atoms with Crippen LogP contribution in [-0.4, -0.2) is 62.9 Å². The molecule has 0 radical (unpaired) electrons. The molecule has 0 aromatic carbocycles. The minimum Gasteiger partial charge on any atom is -0.363 e. The van der Waals surface area contributed by atoms with Crippen LogP contribution in [0.5, 0.6) is 0 Å². The average molecular weight is 389 g/mol. The minimum atomic E-state index is 0.0128. The van der Waals surface area contributed by atoms with Crippen molar-refractivity contribution in [1.82, 2.24) is 29.8 Å². The number of anilines is 1. The molecule has 4 rings (SSSR count). The molecule has 8 heteroatoms. The van der Waals surface area contributed by atoms with Gasteiger partial charge in [0.05, 0.1) is 17.5 Å². The molecule has 1 aliphatic heterocycles. The Morgan fingerprint density at radius 3 is 2.72 bits per heavy atom. The summed E-state index contributed by atoms with van der Waals surface area (Å²) in [5.41, 5.74) is 2.18. The van der Waals surface area contributed by atoms with Crippen molar-refractivity contribution in [3.05, 3.63) is 60.4 Å². The Bertz CT molecular complexity index is 979. The number of amides is 1. The van der Waals surface area contributed by atoms with E-state index in [4.69, 9.17) is 4.98 Å². The standard InChI is InChI=1S/C21H23N7O/c1-27(2)19-11-17(25-20(26-19)18-13-23-8-9-24-18)16-6-4-10-28(14-16)21(29)15-5-3-7-22-12-15/h3,5,7-9,11-13,16H,4,6,10,14H2,1-2H3. The van der Waals surface area contributed by atoms with E-state index in [0.29, 0.717) is 23.6 Å².